The first-order chi connectivity index (χ1) is 6.52. The van der Waals surface area contributed by atoms with Gasteiger partial charge >= 0.3 is 0 Å². The maximum atomic E-state index is 10.3. The summed E-state index contributed by atoms with van der Waals surface area (Å²) >= 11 is 0. The average molecular weight is 201 g/mol. The van der Waals surface area contributed by atoms with Gasteiger partial charge in [0.25, 0.3) is 0 Å². The predicted molar refractivity (Wildman–Crippen MR) is 53.1 cm³/mol. The van der Waals surface area contributed by atoms with Gasteiger partial charge in [0.2, 0.25) is 6.04 Å². The number of hydrogen-bond donors (Lipinski definition) is 2. The topological polar surface area (TPSA) is 102 Å². The van der Waals surface area contributed by atoms with Crippen LogP contribution in [0, 0.1) is 10.1 Å². The van der Waals surface area contributed by atoms with Crippen LogP contribution in [0.15, 0.2) is 17.3 Å². The Hall–Kier alpha value is -1.43. The lowest BCUT2D eigenvalue weighted by Crippen LogP contribution is -2.28. The highest BCUT2D eigenvalue weighted by molar-refractivity contribution is 5.98. The molecular weight excluding hydrogens is 186 g/mol. The van der Waals surface area contributed by atoms with Crippen LogP contribution in [0.2, 0.25) is 0 Å². The maximum Gasteiger partial charge on any atom is 0.228 e. The largest absolute Gasteiger partial charge is 0.411 e. The number of nitrogens with two attached hydrogens (primary N) is 1. The third-order valence-corrected chi connectivity index (χ3v) is 1.81. The Morgan fingerprint density at radius 2 is 2.36 bits per heavy atom. The first-order valence-electron chi connectivity index (χ1n) is 4.32. The monoisotopic (exact) mass is 201 g/mol. The van der Waals surface area contributed by atoms with Crippen LogP contribution in [0.25, 0.3) is 0 Å². The first-order valence-corrected chi connectivity index (χ1v) is 4.32. The third kappa shape index (κ3) is 3.99. The Kier molecular flexibility index (Phi) is 5.47. The molecule has 0 saturated carbocycles. The molecule has 80 valence electrons. The van der Waals surface area contributed by atoms with E-state index in [0.29, 0.717) is 6.42 Å². The van der Waals surface area contributed by atoms with Gasteiger partial charge in [-0.15, -0.1) is 0 Å². The normalized spacial score (nSPS) is 16.9. The Bertz CT molecular complexity index is 250. The lowest BCUT2D eigenvalue weighted by molar-refractivity contribution is -0.504. The molecule has 0 aliphatic rings. The van der Waals surface area contributed by atoms with E-state index in [1.807, 2.05) is 6.92 Å². The maximum absolute atomic E-state index is 10.3. The highest BCUT2D eigenvalue weighted by atomic mass is 16.6. The molecule has 0 heterocycles. The molecule has 0 aromatic heterocycles. The Balaban J connectivity index is 4.40. The van der Waals surface area contributed by atoms with Crippen molar-refractivity contribution < 1.29 is 10.1 Å². The summed E-state index contributed by atoms with van der Waals surface area (Å²) in [5.74, 6) is 0. The summed E-state index contributed by atoms with van der Waals surface area (Å²) < 4.78 is 0. The van der Waals surface area contributed by atoms with Crippen molar-refractivity contribution in [2.24, 2.45) is 10.9 Å². The van der Waals surface area contributed by atoms with Gasteiger partial charge in [0.15, 0.2) is 0 Å². The molecular formula is C8H15N3O3. The minimum absolute atomic E-state index is 0.251. The van der Waals surface area contributed by atoms with Crippen molar-refractivity contribution in [1.82, 2.24) is 0 Å². The molecule has 0 aromatic carbocycles. The number of oxime groups is 1. The van der Waals surface area contributed by atoms with Gasteiger partial charge in [-0.2, -0.15) is 0 Å². The number of nitro groups is 1. The van der Waals surface area contributed by atoms with E-state index in [4.69, 9.17) is 10.9 Å². The zero-order chi connectivity index (χ0) is 11.1. The van der Waals surface area contributed by atoms with Crippen molar-refractivity contribution >= 4 is 5.71 Å². The van der Waals surface area contributed by atoms with Gasteiger partial charge in [0, 0.05) is 11.8 Å². The smallest absolute Gasteiger partial charge is 0.228 e. The second kappa shape index (κ2) is 6.09. The fourth-order valence-corrected chi connectivity index (χ4v) is 0.748. The summed E-state index contributed by atoms with van der Waals surface area (Å²) in [5, 5.41) is 21.8. The molecule has 6 heteroatoms. The van der Waals surface area contributed by atoms with E-state index in [0.717, 1.165) is 0 Å². The second-order valence-electron chi connectivity index (χ2n) is 2.92. The summed E-state index contributed by atoms with van der Waals surface area (Å²) in [4.78, 5) is 9.82. The zero-order valence-electron chi connectivity index (χ0n) is 8.25. The van der Waals surface area contributed by atoms with Crippen molar-refractivity contribution in [3.63, 3.8) is 0 Å². The van der Waals surface area contributed by atoms with Gasteiger partial charge in [-0.25, -0.2) is 0 Å². The van der Waals surface area contributed by atoms with E-state index < -0.39 is 17.0 Å². The molecule has 0 aromatic rings. The van der Waals surface area contributed by atoms with Gasteiger partial charge in [0.05, 0.1) is 11.8 Å². The lowest BCUT2D eigenvalue weighted by atomic mass is 10.1. The van der Waals surface area contributed by atoms with Crippen LogP contribution in [0.1, 0.15) is 20.3 Å². The van der Waals surface area contributed by atoms with E-state index in [2.05, 4.69) is 5.16 Å². The summed E-state index contributed by atoms with van der Waals surface area (Å²) in [6.45, 7) is 3.27. The van der Waals surface area contributed by atoms with Crippen LogP contribution < -0.4 is 5.73 Å². The molecule has 0 amide bonds. The van der Waals surface area contributed by atoms with E-state index in [9.17, 15) is 10.1 Å². The molecule has 0 saturated heterocycles. The molecule has 0 spiro atoms. The van der Waals surface area contributed by atoms with Crippen molar-refractivity contribution in [2.75, 3.05) is 0 Å². The summed E-state index contributed by atoms with van der Waals surface area (Å²) in [5.41, 5.74) is 5.83. The molecule has 0 aliphatic carbocycles. The van der Waals surface area contributed by atoms with Crippen LogP contribution in [0.3, 0.4) is 0 Å². The Morgan fingerprint density at radius 3 is 2.71 bits per heavy atom. The molecule has 3 N–H and O–H groups in total. The van der Waals surface area contributed by atoms with Crippen molar-refractivity contribution in [2.45, 2.75) is 32.4 Å². The fraction of sp³-hybridized carbons (Fsp3) is 0.625. The average Bonchev–Trinajstić information content (AvgIpc) is 2.17. The second-order valence-corrected chi connectivity index (χ2v) is 2.92. The third-order valence-electron chi connectivity index (χ3n) is 1.81. The van der Waals surface area contributed by atoms with Crippen LogP contribution in [0.5, 0.6) is 0 Å². The molecule has 2 atom stereocenters. The SMILES string of the molecule is CCC(N)C(/C=C/C(C)[N+](=O)[O-])=N/O. The van der Waals surface area contributed by atoms with E-state index in [1.54, 1.807) is 0 Å². The molecule has 6 nitrogen and oxygen atoms in total. The van der Waals surface area contributed by atoms with Gasteiger partial charge in [-0.3, -0.25) is 10.1 Å². The molecule has 14 heavy (non-hydrogen) atoms. The van der Waals surface area contributed by atoms with Gasteiger partial charge < -0.3 is 10.9 Å². The van der Waals surface area contributed by atoms with Crippen LogP contribution in [0.4, 0.5) is 0 Å². The van der Waals surface area contributed by atoms with Crippen molar-refractivity contribution in [1.29, 1.82) is 0 Å². The Morgan fingerprint density at radius 1 is 1.79 bits per heavy atom. The highest BCUT2D eigenvalue weighted by Crippen LogP contribution is 1.96. The van der Waals surface area contributed by atoms with Gasteiger partial charge in [-0.05, 0) is 18.6 Å². The van der Waals surface area contributed by atoms with E-state index >= 15 is 0 Å². The van der Waals surface area contributed by atoms with Gasteiger partial charge in [-0.1, -0.05) is 12.1 Å². The van der Waals surface area contributed by atoms with Crippen molar-refractivity contribution in [3.05, 3.63) is 22.3 Å². The highest BCUT2D eigenvalue weighted by Gasteiger charge is 2.10. The fourth-order valence-electron chi connectivity index (χ4n) is 0.748. The molecule has 0 radical (unpaired) electrons. The standard InChI is InChI=1S/C8H15N3O3/c1-3-7(9)8(10-12)5-4-6(2)11(13)14/h4-7,12H,3,9H2,1-2H3/b5-4+,10-8+. The summed E-state index contributed by atoms with van der Waals surface area (Å²) in [6.07, 6.45) is 3.32. The minimum Gasteiger partial charge on any atom is -0.411 e. The van der Waals surface area contributed by atoms with Crippen molar-refractivity contribution in [3.8, 4) is 0 Å². The predicted octanol–water partition coefficient (Wildman–Crippen LogP) is 0.775. The quantitative estimate of drug-likeness (QED) is 0.297. The van der Waals surface area contributed by atoms with E-state index in [-0.39, 0.29) is 5.71 Å². The molecule has 0 rings (SSSR count). The molecule has 0 aliphatic heterocycles. The van der Waals surface area contributed by atoms with Crippen LogP contribution >= 0.6 is 0 Å². The number of hydrogen-bond acceptors (Lipinski definition) is 5. The number of nitrogens with zero attached hydrogens (tertiary/aromatic N) is 2. The van der Waals surface area contributed by atoms with Crippen LogP contribution in [-0.4, -0.2) is 27.9 Å². The summed E-state index contributed by atoms with van der Waals surface area (Å²) in [6, 6.07) is -1.20. The minimum atomic E-state index is -0.809. The molecule has 0 fully saturated rings. The number of rotatable bonds is 5. The lowest BCUT2D eigenvalue weighted by Gasteiger charge is -2.06. The van der Waals surface area contributed by atoms with Gasteiger partial charge in [0.1, 0.15) is 0 Å². The first kappa shape index (κ1) is 12.6. The van der Waals surface area contributed by atoms with Crippen LogP contribution in [-0.2, 0) is 0 Å². The summed E-state index contributed by atoms with van der Waals surface area (Å²) in [7, 11) is 0. The molecule has 2 unspecified atom stereocenters. The zero-order valence-corrected chi connectivity index (χ0v) is 8.25. The molecule has 0 bridgehead atoms. The Labute approximate surface area is 82.2 Å². The van der Waals surface area contributed by atoms with E-state index in [1.165, 1.54) is 19.1 Å².